The van der Waals surface area contributed by atoms with E-state index in [1.165, 1.54) is 29.1 Å². The minimum atomic E-state index is -0.244. The lowest BCUT2D eigenvalue weighted by atomic mass is 9.76. The number of fused-ring (bicyclic) bond motifs is 3. The fourth-order valence-electron chi connectivity index (χ4n) is 4.59. The normalized spacial score (nSPS) is 29.3. The zero-order chi connectivity index (χ0) is 17.6. The highest BCUT2D eigenvalue weighted by Gasteiger charge is 2.55. The molecule has 0 N–H and O–H groups in total. The molecule has 4 nitrogen and oxygen atoms in total. The smallest absolute Gasteiger partial charge is 0.223 e. The van der Waals surface area contributed by atoms with Crippen molar-refractivity contribution in [1.82, 2.24) is 4.90 Å². The van der Waals surface area contributed by atoms with E-state index >= 15 is 0 Å². The SMILES string of the molecule is COc1cc2c(cc1OC)[C@]1(C)[C@@H](C3SCCCS3)CC(=O)N1CC2. The van der Waals surface area contributed by atoms with Crippen LogP contribution in [0.15, 0.2) is 12.1 Å². The van der Waals surface area contributed by atoms with Gasteiger partial charge in [-0.05, 0) is 54.5 Å². The van der Waals surface area contributed by atoms with Crippen molar-refractivity contribution in [2.45, 2.75) is 36.3 Å². The van der Waals surface area contributed by atoms with Crippen LogP contribution in [0.5, 0.6) is 11.5 Å². The van der Waals surface area contributed by atoms with Gasteiger partial charge < -0.3 is 14.4 Å². The molecule has 2 atom stereocenters. The molecule has 1 aromatic rings. The topological polar surface area (TPSA) is 38.8 Å². The first kappa shape index (κ1) is 17.4. The number of benzene rings is 1. The van der Waals surface area contributed by atoms with Gasteiger partial charge in [-0.1, -0.05) is 0 Å². The van der Waals surface area contributed by atoms with Gasteiger partial charge in [0, 0.05) is 18.9 Å². The number of carbonyl (C=O) groups is 1. The van der Waals surface area contributed by atoms with Gasteiger partial charge in [0.1, 0.15) is 0 Å². The number of nitrogens with zero attached hydrogens (tertiary/aromatic N) is 1. The Bertz CT molecular complexity index is 689. The number of rotatable bonds is 3. The van der Waals surface area contributed by atoms with E-state index in [0.717, 1.165) is 24.5 Å². The molecule has 0 bridgehead atoms. The molecular weight excluding hydrogens is 354 g/mol. The third-order valence-corrected chi connectivity index (χ3v) is 9.10. The van der Waals surface area contributed by atoms with Gasteiger partial charge in [0.15, 0.2) is 11.5 Å². The predicted molar refractivity (Wildman–Crippen MR) is 104 cm³/mol. The highest BCUT2D eigenvalue weighted by atomic mass is 32.2. The molecule has 25 heavy (non-hydrogen) atoms. The first-order chi connectivity index (χ1) is 12.1. The summed E-state index contributed by atoms with van der Waals surface area (Å²) in [5.41, 5.74) is 2.30. The van der Waals surface area contributed by atoms with E-state index in [2.05, 4.69) is 24.0 Å². The second-order valence-corrected chi connectivity index (χ2v) is 9.88. The Morgan fingerprint density at radius 1 is 1.16 bits per heavy atom. The summed E-state index contributed by atoms with van der Waals surface area (Å²) in [6, 6.07) is 4.22. The number of amides is 1. The number of carbonyl (C=O) groups excluding carboxylic acids is 1. The lowest BCUT2D eigenvalue weighted by Gasteiger charge is -2.46. The molecule has 3 heterocycles. The summed E-state index contributed by atoms with van der Waals surface area (Å²) in [4.78, 5) is 14.9. The van der Waals surface area contributed by atoms with Gasteiger partial charge in [-0.3, -0.25) is 4.79 Å². The molecule has 1 amide bonds. The molecule has 2 saturated heterocycles. The summed E-state index contributed by atoms with van der Waals surface area (Å²) in [6.07, 6.45) is 2.82. The molecular formula is C19H25NO3S2. The quantitative estimate of drug-likeness (QED) is 0.803. The predicted octanol–water partition coefficient (Wildman–Crippen LogP) is 3.52. The minimum absolute atomic E-state index is 0.244. The number of thioether (sulfide) groups is 2. The molecule has 6 heteroatoms. The molecule has 3 aliphatic heterocycles. The first-order valence-corrected chi connectivity index (χ1v) is 11.0. The largest absolute Gasteiger partial charge is 0.493 e. The lowest BCUT2D eigenvalue weighted by molar-refractivity contribution is -0.131. The van der Waals surface area contributed by atoms with Gasteiger partial charge in [-0.25, -0.2) is 0 Å². The monoisotopic (exact) mass is 379 g/mol. The van der Waals surface area contributed by atoms with Crippen LogP contribution in [-0.4, -0.2) is 47.7 Å². The third-order valence-electron chi connectivity index (χ3n) is 5.92. The molecule has 0 aliphatic carbocycles. The van der Waals surface area contributed by atoms with Crippen LogP contribution >= 0.6 is 23.5 Å². The van der Waals surface area contributed by atoms with E-state index in [-0.39, 0.29) is 5.54 Å². The van der Waals surface area contributed by atoms with Crippen LogP contribution in [0.4, 0.5) is 0 Å². The zero-order valence-corrected chi connectivity index (χ0v) is 16.7. The Balaban J connectivity index is 1.81. The average Bonchev–Trinajstić information content (AvgIpc) is 2.92. The molecule has 0 spiro atoms. The fourth-order valence-corrected chi connectivity index (χ4v) is 8.01. The van der Waals surface area contributed by atoms with Crippen molar-refractivity contribution in [3.8, 4) is 11.5 Å². The van der Waals surface area contributed by atoms with Crippen LogP contribution < -0.4 is 9.47 Å². The van der Waals surface area contributed by atoms with Gasteiger partial charge in [0.2, 0.25) is 5.91 Å². The standard InChI is InChI=1S/C19H25NO3S2/c1-19-13-10-16(23-3)15(22-2)9-12(13)5-6-20(19)17(21)11-14(19)18-24-7-4-8-25-18/h9-10,14,18H,4-8,11H2,1-3H3/t14-,19-/m1/s1. The van der Waals surface area contributed by atoms with E-state index < -0.39 is 0 Å². The summed E-state index contributed by atoms with van der Waals surface area (Å²) >= 11 is 4.07. The second kappa shape index (κ2) is 6.62. The summed E-state index contributed by atoms with van der Waals surface area (Å²) in [7, 11) is 3.36. The van der Waals surface area contributed by atoms with Crippen molar-refractivity contribution in [1.29, 1.82) is 0 Å². The maximum absolute atomic E-state index is 12.8. The molecule has 136 valence electrons. The summed E-state index contributed by atoms with van der Waals surface area (Å²) in [6.45, 7) is 3.07. The maximum Gasteiger partial charge on any atom is 0.223 e. The maximum atomic E-state index is 12.8. The summed E-state index contributed by atoms with van der Waals surface area (Å²) in [5.74, 6) is 4.59. The van der Waals surface area contributed by atoms with Crippen LogP contribution in [0, 0.1) is 5.92 Å². The van der Waals surface area contributed by atoms with Gasteiger partial charge in [-0.15, -0.1) is 23.5 Å². The second-order valence-electron chi connectivity index (χ2n) is 7.08. The van der Waals surface area contributed by atoms with Crippen LogP contribution in [0.2, 0.25) is 0 Å². The van der Waals surface area contributed by atoms with Crippen molar-refractivity contribution in [2.24, 2.45) is 5.92 Å². The van der Waals surface area contributed by atoms with Gasteiger partial charge in [0.25, 0.3) is 0 Å². The highest BCUT2D eigenvalue weighted by molar-refractivity contribution is 8.17. The van der Waals surface area contributed by atoms with Crippen molar-refractivity contribution in [3.63, 3.8) is 0 Å². The van der Waals surface area contributed by atoms with Gasteiger partial charge >= 0.3 is 0 Å². The number of hydrogen-bond acceptors (Lipinski definition) is 5. The van der Waals surface area contributed by atoms with E-state index in [1.54, 1.807) is 14.2 Å². The highest BCUT2D eigenvalue weighted by Crippen LogP contribution is 2.55. The zero-order valence-electron chi connectivity index (χ0n) is 15.0. The van der Waals surface area contributed by atoms with Crippen LogP contribution in [-0.2, 0) is 16.8 Å². The molecule has 4 rings (SSSR count). The molecule has 0 saturated carbocycles. The van der Waals surface area contributed by atoms with E-state index in [0.29, 0.717) is 22.8 Å². The summed E-state index contributed by atoms with van der Waals surface area (Å²) < 4.78 is 11.6. The number of methoxy groups -OCH3 is 2. The Hall–Kier alpha value is -1.01. The molecule has 0 radical (unpaired) electrons. The lowest BCUT2D eigenvalue weighted by Crippen LogP contribution is -2.50. The Morgan fingerprint density at radius 2 is 1.84 bits per heavy atom. The molecule has 0 aromatic heterocycles. The van der Waals surface area contributed by atoms with Crippen molar-refractivity contribution >= 4 is 29.4 Å². The number of hydrogen-bond donors (Lipinski definition) is 0. The van der Waals surface area contributed by atoms with Crippen molar-refractivity contribution < 1.29 is 14.3 Å². The molecule has 1 aromatic carbocycles. The summed E-state index contributed by atoms with van der Waals surface area (Å²) in [5, 5.41) is 0. The Labute approximate surface area is 158 Å². The fraction of sp³-hybridized carbons (Fsp3) is 0.632. The Morgan fingerprint density at radius 3 is 2.52 bits per heavy atom. The first-order valence-electron chi connectivity index (χ1n) is 8.88. The number of ether oxygens (including phenoxy) is 2. The van der Waals surface area contributed by atoms with Crippen LogP contribution in [0.25, 0.3) is 0 Å². The van der Waals surface area contributed by atoms with Gasteiger partial charge in [-0.2, -0.15) is 0 Å². The molecule has 2 fully saturated rings. The van der Waals surface area contributed by atoms with Crippen molar-refractivity contribution in [2.75, 3.05) is 32.3 Å². The van der Waals surface area contributed by atoms with E-state index in [1.807, 2.05) is 23.5 Å². The Kier molecular flexibility index (Phi) is 4.61. The van der Waals surface area contributed by atoms with Crippen LogP contribution in [0.1, 0.15) is 30.9 Å². The van der Waals surface area contributed by atoms with E-state index in [9.17, 15) is 4.79 Å². The average molecular weight is 380 g/mol. The van der Waals surface area contributed by atoms with Crippen molar-refractivity contribution in [3.05, 3.63) is 23.3 Å². The molecule has 3 aliphatic rings. The van der Waals surface area contributed by atoms with Crippen LogP contribution in [0.3, 0.4) is 0 Å². The van der Waals surface area contributed by atoms with Gasteiger partial charge in [0.05, 0.1) is 24.3 Å². The van der Waals surface area contributed by atoms with E-state index in [4.69, 9.17) is 9.47 Å². The molecule has 0 unspecified atom stereocenters. The third kappa shape index (κ3) is 2.64. The minimum Gasteiger partial charge on any atom is -0.493 e.